The van der Waals surface area contributed by atoms with E-state index in [9.17, 15) is 14.7 Å². The summed E-state index contributed by atoms with van der Waals surface area (Å²) in [6.45, 7) is 7.93. The van der Waals surface area contributed by atoms with Crippen LogP contribution in [0.1, 0.15) is 53.4 Å². The predicted octanol–water partition coefficient (Wildman–Crippen LogP) is 2.21. The Morgan fingerprint density at radius 2 is 2.00 bits per heavy atom. The van der Waals surface area contributed by atoms with Crippen LogP contribution in [0.15, 0.2) is 0 Å². The van der Waals surface area contributed by atoms with Crippen molar-refractivity contribution in [2.24, 2.45) is 22.5 Å². The summed E-state index contributed by atoms with van der Waals surface area (Å²) in [7, 11) is 0. The first-order chi connectivity index (χ1) is 10.6. The highest BCUT2D eigenvalue weighted by molar-refractivity contribution is 5.81. The van der Waals surface area contributed by atoms with Crippen LogP contribution < -0.4 is 5.73 Å². The normalized spacial score (nSPS) is 42.0. The molecule has 3 rings (SSSR count). The van der Waals surface area contributed by atoms with Gasteiger partial charge in [0.2, 0.25) is 0 Å². The number of fused-ring (bicyclic) bond motifs is 2. The first kappa shape index (κ1) is 16.6. The van der Waals surface area contributed by atoms with E-state index < -0.39 is 17.0 Å². The number of nitrogens with zero attached hydrogens (tertiary/aromatic N) is 1. The second-order valence-corrected chi connectivity index (χ2v) is 8.78. The zero-order chi connectivity index (χ0) is 17.2. The lowest BCUT2D eigenvalue weighted by Crippen LogP contribution is -2.51. The molecule has 3 aliphatic rings. The molecule has 0 radical (unpaired) electrons. The fraction of sp³-hybridized carbons (Fsp3) is 0.882. The molecule has 3 N–H and O–H groups in total. The molecule has 1 amide bonds. The van der Waals surface area contributed by atoms with Crippen molar-refractivity contribution in [2.45, 2.75) is 71.1 Å². The van der Waals surface area contributed by atoms with Crippen LogP contribution in [0.4, 0.5) is 4.79 Å². The lowest BCUT2D eigenvalue weighted by atomic mass is 9.80. The highest BCUT2D eigenvalue weighted by Crippen LogP contribution is 2.72. The van der Waals surface area contributed by atoms with Crippen molar-refractivity contribution in [1.82, 2.24) is 4.90 Å². The van der Waals surface area contributed by atoms with Crippen molar-refractivity contribution in [2.75, 3.05) is 6.54 Å². The molecule has 0 unspecified atom stereocenters. The van der Waals surface area contributed by atoms with E-state index in [1.165, 1.54) is 0 Å². The highest BCUT2D eigenvalue weighted by Gasteiger charge is 2.75. The summed E-state index contributed by atoms with van der Waals surface area (Å²) in [5, 5.41) is 9.62. The van der Waals surface area contributed by atoms with Gasteiger partial charge in [-0.05, 0) is 57.8 Å². The van der Waals surface area contributed by atoms with Crippen LogP contribution in [0.2, 0.25) is 0 Å². The van der Waals surface area contributed by atoms with Crippen LogP contribution in [0.25, 0.3) is 0 Å². The number of rotatable bonds is 2. The summed E-state index contributed by atoms with van der Waals surface area (Å²) >= 11 is 0. The van der Waals surface area contributed by atoms with Gasteiger partial charge >= 0.3 is 12.1 Å². The maximum absolute atomic E-state index is 12.6. The Morgan fingerprint density at radius 1 is 1.35 bits per heavy atom. The lowest BCUT2D eigenvalue weighted by Gasteiger charge is -2.41. The van der Waals surface area contributed by atoms with Crippen molar-refractivity contribution in [3.63, 3.8) is 0 Å². The van der Waals surface area contributed by atoms with Gasteiger partial charge in [0.05, 0.1) is 5.41 Å². The smallest absolute Gasteiger partial charge is 0.410 e. The van der Waals surface area contributed by atoms with Gasteiger partial charge in [-0.15, -0.1) is 0 Å². The molecule has 6 heteroatoms. The summed E-state index contributed by atoms with van der Waals surface area (Å²) in [5.41, 5.74) is 4.28. The third-order valence-electron chi connectivity index (χ3n) is 6.17. The fourth-order valence-corrected chi connectivity index (χ4v) is 5.01. The molecule has 130 valence electrons. The SMILES string of the molecule is C[C@@H]1C[C@H]2C[C@@]3(C[C@H]1N2C(=O)OC(C)(C)C)C[C@]3(CN)C(=O)O. The van der Waals surface area contributed by atoms with Crippen molar-refractivity contribution in [3.8, 4) is 0 Å². The molecule has 2 bridgehead atoms. The van der Waals surface area contributed by atoms with Gasteiger partial charge in [0.15, 0.2) is 0 Å². The van der Waals surface area contributed by atoms with E-state index in [0.29, 0.717) is 12.3 Å². The van der Waals surface area contributed by atoms with Gasteiger partial charge in [0.25, 0.3) is 0 Å². The number of aliphatic carboxylic acids is 1. The van der Waals surface area contributed by atoms with E-state index >= 15 is 0 Å². The molecular weight excluding hydrogens is 296 g/mol. The second-order valence-electron chi connectivity index (χ2n) is 8.78. The maximum Gasteiger partial charge on any atom is 0.410 e. The zero-order valence-electron chi connectivity index (χ0n) is 14.5. The van der Waals surface area contributed by atoms with Gasteiger partial charge in [-0.25, -0.2) is 4.79 Å². The number of carboxylic acid groups (broad SMARTS) is 1. The van der Waals surface area contributed by atoms with E-state index in [-0.39, 0.29) is 30.1 Å². The molecule has 3 fully saturated rings. The quantitative estimate of drug-likeness (QED) is 0.812. The molecule has 1 spiro atoms. The molecule has 23 heavy (non-hydrogen) atoms. The topological polar surface area (TPSA) is 92.9 Å². The van der Waals surface area contributed by atoms with Crippen molar-refractivity contribution in [3.05, 3.63) is 0 Å². The number of piperidine rings is 1. The molecule has 0 aromatic carbocycles. The first-order valence-electron chi connectivity index (χ1n) is 8.50. The number of amides is 1. The molecule has 0 aromatic heterocycles. The van der Waals surface area contributed by atoms with Crippen LogP contribution >= 0.6 is 0 Å². The van der Waals surface area contributed by atoms with Crippen LogP contribution in [-0.2, 0) is 9.53 Å². The fourth-order valence-electron chi connectivity index (χ4n) is 5.01. The average Bonchev–Trinajstić information content (AvgIpc) is 2.97. The highest BCUT2D eigenvalue weighted by atomic mass is 16.6. The van der Waals surface area contributed by atoms with Crippen molar-refractivity contribution < 1.29 is 19.4 Å². The van der Waals surface area contributed by atoms with Crippen LogP contribution in [0.5, 0.6) is 0 Å². The predicted molar refractivity (Wildman–Crippen MR) is 84.8 cm³/mol. The van der Waals surface area contributed by atoms with E-state index in [0.717, 1.165) is 19.3 Å². The number of carbonyl (C=O) groups excluding carboxylic acids is 1. The summed E-state index contributed by atoms with van der Waals surface area (Å²) in [6.07, 6.45) is 2.77. The van der Waals surface area contributed by atoms with Gasteiger partial charge in [-0.3, -0.25) is 4.79 Å². The molecule has 1 aliphatic carbocycles. The minimum atomic E-state index is -0.784. The number of carbonyl (C=O) groups is 2. The monoisotopic (exact) mass is 324 g/mol. The largest absolute Gasteiger partial charge is 0.481 e. The zero-order valence-corrected chi connectivity index (χ0v) is 14.5. The number of hydrogen-bond donors (Lipinski definition) is 2. The Balaban J connectivity index is 1.81. The number of hydrogen-bond acceptors (Lipinski definition) is 4. The van der Waals surface area contributed by atoms with E-state index in [4.69, 9.17) is 10.5 Å². The lowest BCUT2D eigenvalue weighted by molar-refractivity contribution is -0.145. The van der Waals surface area contributed by atoms with E-state index in [2.05, 4.69) is 6.92 Å². The summed E-state index contributed by atoms with van der Waals surface area (Å²) in [4.78, 5) is 26.2. The Hall–Kier alpha value is -1.30. The van der Waals surface area contributed by atoms with Crippen LogP contribution in [0.3, 0.4) is 0 Å². The van der Waals surface area contributed by atoms with Crippen molar-refractivity contribution >= 4 is 12.1 Å². The molecule has 2 heterocycles. The number of ether oxygens (including phenoxy) is 1. The van der Waals surface area contributed by atoms with Gasteiger partial charge in [-0.1, -0.05) is 6.92 Å². The summed E-state index contributed by atoms with van der Waals surface area (Å²) in [5.74, 6) is -0.408. The minimum Gasteiger partial charge on any atom is -0.481 e. The summed E-state index contributed by atoms with van der Waals surface area (Å²) in [6, 6.07) is 0.141. The second kappa shape index (κ2) is 4.85. The van der Waals surface area contributed by atoms with E-state index in [1.807, 2.05) is 25.7 Å². The van der Waals surface area contributed by atoms with E-state index in [1.54, 1.807) is 0 Å². The molecule has 6 nitrogen and oxygen atoms in total. The molecule has 5 atom stereocenters. The molecular formula is C17H28N2O4. The van der Waals surface area contributed by atoms with Gasteiger partial charge in [0, 0.05) is 18.6 Å². The number of carboxylic acids is 1. The first-order valence-corrected chi connectivity index (χ1v) is 8.50. The maximum atomic E-state index is 12.6. The minimum absolute atomic E-state index is 0.0661. The third kappa shape index (κ3) is 2.33. The Kier molecular flexibility index (Phi) is 3.49. The van der Waals surface area contributed by atoms with Gasteiger partial charge < -0.3 is 20.5 Å². The van der Waals surface area contributed by atoms with Gasteiger partial charge in [-0.2, -0.15) is 0 Å². The molecule has 2 saturated heterocycles. The Bertz CT molecular complexity index is 543. The van der Waals surface area contributed by atoms with Crippen LogP contribution in [0, 0.1) is 16.7 Å². The number of nitrogens with two attached hydrogens (primary N) is 1. The van der Waals surface area contributed by atoms with Crippen molar-refractivity contribution in [1.29, 1.82) is 0 Å². The Morgan fingerprint density at radius 3 is 2.43 bits per heavy atom. The average molecular weight is 324 g/mol. The summed E-state index contributed by atoms with van der Waals surface area (Å²) < 4.78 is 5.57. The van der Waals surface area contributed by atoms with Crippen LogP contribution in [-0.4, -0.2) is 46.3 Å². The third-order valence-corrected chi connectivity index (χ3v) is 6.17. The molecule has 1 saturated carbocycles. The van der Waals surface area contributed by atoms with Gasteiger partial charge in [0.1, 0.15) is 5.60 Å². The standard InChI is InChI=1S/C17H28N2O4/c1-10-5-11-6-16(8-17(16,9-18)13(20)21)7-12(10)19(11)14(22)23-15(2,3)4/h10-12H,5-9,18H2,1-4H3,(H,20,21)/t10-,11+,12-,16-,17+/m1/s1. The molecule has 0 aromatic rings. The Labute approximate surface area is 137 Å². The molecule has 2 aliphatic heterocycles.